The van der Waals surface area contributed by atoms with Gasteiger partial charge < -0.3 is 19.4 Å². The number of benzene rings is 1. The van der Waals surface area contributed by atoms with Crippen LogP contribution in [0.4, 0.5) is 0 Å². The molecule has 1 heterocycles. The van der Waals surface area contributed by atoms with E-state index in [1.807, 2.05) is 17.1 Å². The van der Waals surface area contributed by atoms with Crippen molar-refractivity contribution in [2.45, 2.75) is 0 Å². The van der Waals surface area contributed by atoms with Gasteiger partial charge in [-0.2, -0.15) is 5.10 Å². The predicted molar refractivity (Wildman–Crippen MR) is 66.9 cm³/mol. The van der Waals surface area contributed by atoms with Crippen LogP contribution < -0.4 is 9.84 Å². The second-order valence-electron chi connectivity index (χ2n) is 4.01. The van der Waals surface area contributed by atoms with E-state index >= 15 is 0 Å². The lowest BCUT2D eigenvalue weighted by Crippen LogP contribution is -2.32. The molecule has 1 aromatic rings. The molecule has 0 bridgehead atoms. The van der Waals surface area contributed by atoms with E-state index in [9.17, 15) is 9.90 Å². The van der Waals surface area contributed by atoms with E-state index in [0.717, 1.165) is 18.7 Å². The number of morpholine rings is 1. The molecule has 6 nitrogen and oxygen atoms in total. The molecule has 0 saturated carbocycles. The maximum Gasteiger partial charge on any atom is 0.128 e. The molecule has 0 aliphatic carbocycles. The second kappa shape index (κ2) is 6.75. The van der Waals surface area contributed by atoms with E-state index in [4.69, 9.17) is 9.47 Å². The van der Waals surface area contributed by atoms with Gasteiger partial charge in [0, 0.05) is 5.56 Å². The molecule has 0 aromatic heterocycles. The van der Waals surface area contributed by atoms with Crippen LogP contribution in [0, 0.1) is 0 Å². The van der Waals surface area contributed by atoms with Gasteiger partial charge in [0.1, 0.15) is 12.4 Å². The molecule has 6 heteroatoms. The van der Waals surface area contributed by atoms with Gasteiger partial charge in [0.05, 0.1) is 38.5 Å². The summed E-state index contributed by atoms with van der Waals surface area (Å²) < 4.78 is 10.4. The number of aliphatic carboxylic acids is 1. The summed E-state index contributed by atoms with van der Waals surface area (Å²) in [6.07, 6.45) is 1.66. The zero-order valence-corrected chi connectivity index (χ0v) is 10.4. The van der Waals surface area contributed by atoms with Crippen LogP contribution in [0.3, 0.4) is 0 Å². The first-order valence-electron chi connectivity index (χ1n) is 6.04. The molecule has 0 atom stereocenters. The average Bonchev–Trinajstić information content (AvgIpc) is 2.45. The lowest BCUT2D eigenvalue weighted by atomic mass is 10.2. The number of para-hydroxylation sites is 1. The Morgan fingerprint density at radius 1 is 1.42 bits per heavy atom. The van der Waals surface area contributed by atoms with Crippen molar-refractivity contribution in [3.63, 3.8) is 0 Å². The number of hydrogen-bond acceptors (Lipinski definition) is 6. The summed E-state index contributed by atoms with van der Waals surface area (Å²) in [5, 5.41) is 16.6. The van der Waals surface area contributed by atoms with Crippen molar-refractivity contribution in [1.29, 1.82) is 0 Å². The molecule has 0 spiro atoms. The molecular formula is C13H15N2O4-. The molecule has 0 N–H and O–H groups in total. The SMILES string of the molecule is O=C([O-])COc1ccccc1/C=N\N1CCOCC1. The van der Waals surface area contributed by atoms with Crippen LogP contribution in [0.5, 0.6) is 5.75 Å². The average molecular weight is 263 g/mol. The van der Waals surface area contributed by atoms with Gasteiger partial charge in [-0.25, -0.2) is 0 Å². The number of carboxylic acid groups (broad SMARTS) is 1. The Balaban J connectivity index is 2.01. The lowest BCUT2D eigenvalue weighted by Gasteiger charge is -2.23. The molecule has 0 amide bonds. The second-order valence-corrected chi connectivity index (χ2v) is 4.01. The van der Waals surface area contributed by atoms with Crippen molar-refractivity contribution in [2.24, 2.45) is 5.10 Å². The van der Waals surface area contributed by atoms with Gasteiger partial charge in [0.15, 0.2) is 0 Å². The first kappa shape index (κ1) is 13.4. The van der Waals surface area contributed by atoms with Crippen LogP contribution >= 0.6 is 0 Å². The number of hydrogen-bond donors (Lipinski definition) is 0. The molecule has 2 rings (SSSR count). The summed E-state index contributed by atoms with van der Waals surface area (Å²) in [5.41, 5.74) is 0.732. The molecule has 1 aliphatic heterocycles. The van der Waals surface area contributed by atoms with Crippen molar-refractivity contribution in [3.8, 4) is 5.75 Å². The summed E-state index contributed by atoms with van der Waals surface area (Å²) in [6.45, 7) is 2.36. The molecule has 0 unspecified atom stereocenters. The molecule has 19 heavy (non-hydrogen) atoms. The summed E-state index contributed by atoms with van der Waals surface area (Å²) in [5.74, 6) is -0.774. The van der Waals surface area contributed by atoms with Crippen molar-refractivity contribution in [3.05, 3.63) is 29.8 Å². The highest BCUT2D eigenvalue weighted by Gasteiger charge is 2.07. The van der Waals surface area contributed by atoms with E-state index in [0.29, 0.717) is 19.0 Å². The third-order valence-corrected chi connectivity index (χ3v) is 2.61. The number of carbonyl (C=O) groups excluding carboxylic acids is 1. The molecule has 102 valence electrons. The Morgan fingerprint density at radius 2 is 2.16 bits per heavy atom. The van der Waals surface area contributed by atoms with Gasteiger partial charge in [-0.3, -0.25) is 5.01 Å². The maximum atomic E-state index is 10.4. The summed E-state index contributed by atoms with van der Waals surface area (Å²) >= 11 is 0. The topological polar surface area (TPSA) is 74.2 Å². The van der Waals surface area contributed by atoms with Crippen molar-refractivity contribution >= 4 is 12.2 Å². The first-order chi connectivity index (χ1) is 9.25. The van der Waals surface area contributed by atoms with Gasteiger partial charge in [-0.15, -0.1) is 0 Å². The Bertz CT molecular complexity index is 456. The van der Waals surface area contributed by atoms with Crippen LogP contribution in [0.1, 0.15) is 5.56 Å². The Kier molecular flexibility index (Phi) is 4.74. The van der Waals surface area contributed by atoms with Crippen molar-refractivity contribution < 1.29 is 19.4 Å². The van der Waals surface area contributed by atoms with Gasteiger partial charge in [0.25, 0.3) is 0 Å². The Morgan fingerprint density at radius 3 is 2.89 bits per heavy atom. The fourth-order valence-corrected chi connectivity index (χ4v) is 1.67. The molecule has 1 aromatic carbocycles. The van der Waals surface area contributed by atoms with E-state index in [1.165, 1.54) is 0 Å². The number of carboxylic acids is 1. The van der Waals surface area contributed by atoms with Crippen molar-refractivity contribution in [2.75, 3.05) is 32.9 Å². The highest BCUT2D eigenvalue weighted by molar-refractivity contribution is 5.83. The summed E-state index contributed by atoms with van der Waals surface area (Å²) in [4.78, 5) is 10.4. The minimum Gasteiger partial charge on any atom is -0.546 e. The van der Waals surface area contributed by atoms with E-state index in [2.05, 4.69) is 5.10 Å². The minimum atomic E-state index is -1.25. The zero-order chi connectivity index (χ0) is 13.5. The van der Waals surface area contributed by atoms with Gasteiger partial charge in [-0.1, -0.05) is 12.1 Å². The quantitative estimate of drug-likeness (QED) is 0.668. The number of hydrazone groups is 1. The molecule has 1 fully saturated rings. The molecule has 1 aliphatic rings. The van der Waals surface area contributed by atoms with Gasteiger partial charge in [-0.05, 0) is 12.1 Å². The maximum absolute atomic E-state index is 10.4. The van der Waals surface area contributed by atoms with Gasteiger partial charge >= 0.3 is 0 Å². The molecule has 0 radical (unpaired) electrons. The summed E-state index contributed by atoms with van der Waals surface area (Å²) in [7, 11) is 0. The Hall–Kier alpha value is -2.08. The predicted octanol–water partition coefficient (Wildman–Crippen LogP) is -0.519. The Labute approximate surface area is 111 Å². The zero-order valence-electron chi connectivity index (χ0n) is 10.4. The van der Waals surface area contributed by atoms with Crippen LogP contribution in [-0.2, 0) is 9.53 Å². The molecular weight excluding hydrogens is 248 g/mol. The number of nitrogens with zero attached hydrogens (tertiary/aromatic N) is 2. The third-order valence-electron chi connectivity index (χ3n) is 2.61. The minimum absolute atomic E-state index is 0.470. The smallest absolute Gasteiger partial charge is 0.128 e. The third kappa shape index (κ3) is 4.26. The normalized spacial score (nSPS) is 15.7. The van der Waals surface area contributed by atoms with Crippen LogP contribution in [0.15, 0.2) is 29.4 Å². The van der Waals surface area contributed by atoms with Gasteiger partial charge in [0.2, 0.25) is 0 Å². The van der Waals surface area contributed by atoms with E-state index in [1.54, 1.807) is 18.3 Å². The molecule has 1 saturated heterocycles. The first-order valence-corrected chi connectivity index (χ1v) is 6.04. The largest absolute Gasteiger partial charge is 0.546 e. The fourth-order valence-electron chi connectivity index (χ4n) is 1.67. The van der Waals surface area contributed by atoms with Crippen LogP contribution in [0.2, 0.25) is 0 Å². The highest BCUT2D eigenvalue weighted by atomic mass is 16.5. The van der Waals surface area contributed by atoms with Crippen LogP contribution in [-0.4, -0.2) is 50.1 Å². The van der Waals surface area contributed by atoms with E-state index in [-0.39, 0.29) is 0 Å². The summed E-state index contributed by atoms with van der Waals surface area (Å²) in [6, 6.07) is 7.13. The van der Waals surface area contributed by atoms with Crippen molar-refractivity contribution in [1.82, 2.24) is 5.01 Å². The monoisotopic (exact) mass is 263 g/mol. The number of rotatable bonds is 5. The number of carbonyl (C=O) groups is 1. The standard InChI is InChI=1S/C13H16N2O4/c16-13(17)10-19-12-4-2-1-3-11(12)9-14-15-5-7-18-8-6-15/h1-4,9H,5-8,10H2,(H,16,17)/p-1/b14-9-. The number of ether oxygens (including phenoxy) is 2. The fraction of sp³-hybridized carbons (Fsp3) is 0.385. The van der Waals surface area contributed by atoms with E-state index < -0.39 is 12.6 Å². The highest BCUT2D eigenvalue weighted by Crippen LogP contribution is 2.15. The lowest BCUT2D eigenvalue weighted by molar-refractivity contribution is -0.307. The van der Waals surface area contributed by atoms with Crippen LogP contribution in [0.25, 0.3) is 0 Å².